The molecule has 14 heteroatoms. The highest BCUT2D eigenvalue weighted by Crippen LogP contribution is 2.34. The van der Waals surface area contributed by atoms with Crippen molar-refractivity contribution in [3.63, 3.8) is 0 Å². The molecule has 13 nitrogen and oxygen atoms in total. The van der Waals surface area contributed by atoms with Crippen molar-refractivity contribution in [3.05, 3.63) is 86.3 Å². The van der Waals surface area contributed by atoms with E-state index in [1.165, 1.54) is 17.2 Å². The number of anilines is 1. The molecule has 2 aromatic heterocycles. The SMILES string of the molecule is [N-]=[N+]=NC1C(C(=O)O)OC(n2cnc3c(NCc4cc(I)ccc4OCc4ccccc4)ncnc32)C1O. The minimum atomic E-state index is -1.52. The minimum absolute atomic E-state index is 0.306. The number of imidazole rings is 1. The van der Waals surface area contributed by atoms with Crippen molar-refractivity contribution in [1.82, 2.24) is 19.5 Å². The van der Waals surface area contributed by atoms with E-state index in [9.17, 15) is 15.0 Å². The molecule has 3 N–H and O–H groups in total. The Balaban J connectivity index is 1.37. The number of carboxylic acid groups (broad SMARTS) is 1. The predicted molar refractivity (Wildman–Crippen MR) is 143 cm³/mol. The first-order chi connectivity index (χ1) is 18.5. The largest absolute Gasteiger partial charge is 0.489 e. The standard InChI is InChI=1S/C24H21IN8O5/c25-15-6-7-16(37-10-13-4-2-1-3-5-13)14(8-15)9-27-21-18-22(29-11-28-21)33(12-30-18)23-19(34)17(31-32-26)20(38-23)24(35)36/h1-8,11-12,17,19-20,23,34H,9-10H2,(H,35,36)(H,27,28,29). The first-order valence-electron chi connectivity index (χ1n) is 11.4. The van der Waals surface area contributed by atoms with Crippen LogP contribution in [0.1, 0.15) is 17.4 Å². The van der Waals surface area contributed by atoms with Crippen molar-refractivity contribution in [1.29, 1.82) is 0 Å². The molecule has 4 aromatic rings. The molecular formula is C24H21IN8O5. The lowest BCUT2D eigenvalue weighted by Crippen LogP contribution is -2.34. The van der Waals surface area contributed by atoms with Crippen molar-refractivity contribution in [3.8, 4) is 5.75 Å². The fraction of sp³-hybridized carbons (Fsp3) is 0.250. The fourth-order valence-corrected chi connectivity index (χ4v) is 4.75. The smallest absolute Gasteiger partial charge is 0.333 e. The Morgan fingerprint density at radius 3 is 2.82 bits per heavy atom. The van der Waals surface area contributed by atoms with Gasteiger partial charge < -0.3 is 25.0 Å². The van der Waals surface area contributed by atoms with Gasteiger partial charge in [0.05, 0.1) is 6.33 Å². The second-order valence-electron chi connectivity index (χ2n) is 8.40. The van der Waals surface area contributed by atoms with Gasteiger partial charge in [0.15, 0.2) is 29.3 Å². The summed E-state index contributed by atoms with van der Waals surface area (Å²) in [7, 11) is 0. The Kier molecular flexibility index (Phi) is 7.55. The van der Waals surface area contributed by atoms with E-state index in [1.54, 1.807) is 0 Å². The summed E-state index contributed by atoms with van der Waals surface area (Å²) in [6, 6.07) is 14.5. The van der Waals surface area contributed by atoms with Gasteiger partial charge in [-0.2, -0.15) is 0 Å². The number of aliphatic carboxylic acids is 1. The number of hydrogen-bond acceptors (Lipinski definition) is 9. The van der Waals surface area contributed by atoms with Crippen LogP contribution in [0.3, 0.4) is 0 Å². The van der Waals surface area contributed by atoms with E-state index in [1.807, 2.05) is 48.5 Å². The van der Waals surface area contributed by atoms with Gasteiger partial charge >= 0.3 is 5.97 Å². The zero-order valence-corrected chi connectivity index (χ0v) is 21.8. The molecule has 0 bridgehead atoms. The second kappa shape index (κ2) is 11.2. The highest BCUT2D eigenvalue weighted by molar-refractivity contribution is 14.1. The van der Waals surface area contributed by atoms with Gasteiger partial charge in [0, 0.05) is 20.6 Å². The number of nitrogens with one attached hydrogen (secondary N) is 1. The van der Waals surface area contributed by atoms with E-state index in [0.717, 1.165) is 20.4 Å². The maximum absolute atomic E-state index is 11.6. The van der Waals surface area contributed by atoms with Crippen LogP contribution in [0.15, 0.2) is 66.3 Å². The maximum Gasteiger partial charge on any atom is 0.333 e. The van der Waals surface area contributed by atoms with Crippen molar-refractivity contribution >= 4 is 45.5 Å². The molecule has 3 heterocycles. The number of carboxylic acids is 1. The monoisotopic (exact) mass is 628 g/mol. The molecule has 5 rings (SSSR count). The lowest BCUT2D eigenvalue weighted by molar-refractivity contribution is -0.152. The Morgan fingerprint density at radius 2 is 2.05 bits per heavy atom. The predicted octanol–water partition coefficient (Wildman–Crippen LogP) is 3.64. The number of aliphatic hydroxyl groups excluding tert-OH is 1. The van der Waals surface area contributed by atoms with Crippen LogP contribution in [-0.2, 0) is 22.7 Å². The molecule has 4 atom stereocenters. The molecule has 1 aliphatic rings. The summed E-state index contributed by atoms with van der Waals surface area (Å²) in [5.41, 5.74) is 11.5. The topological polar surface area (TPSA) is 180 Å². The number of aromatic nitrogens is 4. The first kappa shape index (κ1) is 25.7. The third-order valence-corrected chi connectivity index (χ3v) is 6.68. The summed E-state index contributed by atoms with van der Waals surface area (Å²) in [4.78, 5) is 27.1. The van der Waals surface area contributed by atoms with E-state index in [-0.39, 0.29) is 0 Å². The zero-order valence-electron chi connectivity index (χ0n) is 19.6. The summed E-state index contributed by atoms with van der Waals surface area (Å²) in [5, 5.41) is 26.8. The van der Waals surface area contributed by atoms with E-state index < -0.39 is 30.4 Å². The number of aliphatic hydroxyl groups is 1. The van der Waals surface area contributed by atoms with Crippen molar-refractivity contribution in [2.45, 2.75) is 37.6 Å². The van der Waals surface area contributed by atoms with Crippen LogP contribution in [0, 0.1) is 3.57 Å². The number of halogens is 1. The van der Waals surface area contributed by atoms with Crippen LogP contribution < -0.4 is 10.1 Å². The first-order valence-corrected chi connectivity index (χ1v) is 12.5. The summed E-state index contributed by atoms with van der Waals surface area (Å²) < 4.78 is 14.0. The highest BCUT2D eigenvalue weighted by Gasteiger charge is 2.48. The Hall–Kier alpha value is -3.98. The van der Waals surface area contributed by atoms with Crippen molar-refractivity contribution in [2.75, 3.05) is 5.32 Å². The molecule has 194 valence electrons. The summed E-state index contributed by atoms with van der Waals surface area (Å²) in [5.74, 6) is -0.201. The second-order valence-corrected chi connectivity index (χ2v) is 9.64. The maximum atomic E-state index is 11.6. The number of azide groups is 1. The van der Waals surface area contributed by atoms with Gasteiger partial charge in [-0.25, -0.2) is 19.7 Å². The van der Waals surface area contributed by atoms with Crippen LogP contribution in [0.4, 0.5) is 5.82 Å². The van der Waals surface area contributed by atoms with Gasteiger partial charge in [-0.3, -0.25) is 4.57 Å². The number of hydrogen-bond donors (Lipinski definition) is 3. The van der Waals surface area contributed by atoms with Gasteiger partial charge in [0.25, 0.3) is 0 Å². The van der Waals surface area contributed by atoms with Crippen LogP contribution in [-0.4, -0.2) is 54.0 Å². The van der Waals surface area contributed by atoms with Crippen molar-refractivity contribution < 1.29 is 24.5 Å². The quantitative estimate of drug-likeness (QED) is 0.108. The third-order valence-electron chi connectivity index (χ3n) is 6.01. The molecule has 2 aromatic carbocycles. The number of nitrogens with zero attached hydrogens (tertiary/aromatic N) is 7. The van der Waals surface area contributed by atoms with E-state index in [0.29, 0.717) is 30.1 Å². The average molecular weight is 628 g/mol. The summed E-state index contributed by atoms with van der Waals surface area (Å²) in [6.45, 7) is 0.803. The normalized spacial score (nSPS) is 20.7. The van der Waals surface area contributed by atoms with Crippen molar-refractivity contribution in [2.24, 2.45) is 5.11 Å². The Labute approximate surface area is 229 Å². The van der Waals surface area contributed by atoms with Gasteiger partial charge in [-0.1, -0.05) is 35.4 Å². The lowest BCUT2D eigenvalue weighted by Gasteiger charge is -2.17. The molecule has 0 saturated carbocycles. The minimum Gasteiger partial charge on any atom is -0.489 e. The molecule has 0 radical (unpaired) electrons. The molecular weight excluding hydrogens is 607 g/mol. The van der Waals surface area contributed by atoms with Gasteiger partial charge in [-0.15, -0.1) is 0 Å². The Bertz CT molecular complexity index is 1510. The van der Waals surface area contributed by atoms with E-state index in [4.69, 9.17) is 15.0 Å². The van der Waals surface area contributed by atoms with Crippen LogP contribution in [0.5, 0.6) is 5.75 Å². The van der Waals surface area contributed by atoms with Crippen LogP contribution >= 0.6 is 22.6 Å². The van der Waals surface area contributed by atoms with Gasteiger partial charge in [-0.05, 0) is 51.9 Å². The van der Waals surface area contributed by atoms with Crippen LogP contribution in [0.25, 0.3) is 21.6 Å². The fourth-order valence-electron chi connectivity index (χ4n) is 4.19. The molecule has 1 aliphatic heterocycles. The summed E-state index contributed by atoms with van der Waals surface area (Å²) in [6.07, 6.45) is -1.42. The molecule has 1 fully saturated rings. The van der Waals surface area contributed by atoms with E-state index in [2.05, 4.69) is 52.9 Å². The Morgan fingerprint density at radius 1 is 1.24 bits per heavy atom. The zero-order chi connectivity index (χ0) is 26.6. The molecule has 0 aliphatic carbocycles. The molecule has 38 heavy (non-hydrogen) atoms. The molecule has 0 spiro atoms. The van der Waals surface area contributed by atoms with Gasteiger partial charge in [0.1, 0.15) is 30.8 Å². The molecule has 1 saturated heterocycles. The molecule has 4 unspecified atom stereocenters. The van der Waals surface area contributed by atoms with Crippen LogP contribution in [0.2, 0.25) is 0 Å². The third kappa shape index (κ3) is 5.19. The average Bonchev–Trinajstić information content (AvgIpc) is 3.49. The van der Waals surface area contributed by atoms with E-state index >= 15 is 0 Å². The number of ether oxygens (including phenoxy) is 2. The van der Waals surface area contributed by atoms with Gasteiger partial charge in [0.2, 0.25) is 0 Å². The number of benzene rings is 2. The number of rotatable bonds is 9. The highest BCUT2D eigenvalue weighted by atomic mass is 127. The molecule has 0 amide bonds. The number of carbonyl (C=O) groups is 1. The number of fused-ring (bicyclic) bond motifs is 1. The summed E-state index contributed by atoms with van der Waals surface area (Å²) >= 11 is 2.24. The lowest BCUT2D eigenvalue weighted by atomic mass is 10.1.